The molecule has 0 fully saturated rings. The SMILES string of the molecule is CCOC(=O)C(O)NC(=O)[C@H](CC(C)C)NC(=O)OC(C)(C)C. The number of carbonyl (C=O) groups excluding carboxylic acids is 3. The van der Waals surface area contributed by atoms with Crippen molar-refractivity contribution >= 4 is 18.0 Å². The van der Waals surface area contributed by atoms with Gasteiger partial charge in [0.05, 0.1) is 6.61 Å². The first-order chi connectivity index (χ1) is 10.5. The van der Waals surface area contributed by atoms with E-state index < -0.39 is 35.8 Å². The first-order valence-electron chi connectivity index (χ1n) is 7.60. The minimum absolute atomic E-state index is 0.0807. The fourth-order valence-electron chi connectivity index (χ4n) is 1.67. The highest BCUT2D eigenvalue weighted by molar-refractivity contribution is 5.89. The maximum atomic E-state index is 12.1. The number of rotatable bonds is 7. The summed E-state index contributed by atoms with van der Waals surface area (Å²) in [4.78, 5) is 35.3. The first-order valence-corrected chi connectivity index (χ1v) is 7.60. The molecule has 0 aliphatic rings. The van der Waals surface area contributed by atoms with Crippen molar-refractivity contribution in [2.45, 2.75) is 65.8 Å². The molecule has 0 saturated carbocycles. The molecule has 2 amide bonds. The molecule has 3 N–H and O–H groups in total. The van der Waals surface area contributed by atoms with E-state index in [2.05, 4.69) is 15.4 Å². The van der Waals surface area contributed by atoms with E-state index in [4.69, 9.17) is 4.74 Å². The standard InChI is InChI=1S/C15H28N2O6/c1-7-22-13(20)12(19)17-11(18)10(8-9(2)3)16-14(21)23-15(4,5)6/h9-10,12,19H,7-8H2,1-6H3,(H,16,21)(H,17,18)/t10-,12?/m0/s1. The summed E-state index contributed by atoms with van der Waals surface area (Å²) in [5.74, 6) is -1.55. The molecule has 0 aromatic heterocycles. The fraction of sp³-hybridized carbons (Fsp3) is 0.800. The summed E-state index contributed by atoms with van der Waals surface area (Å²) < 4.78 is 9.70. The summed E-state index contributed by atoms with van der Waals surface area (Å²) in [6.45, 7) is 10.5. The number of ether oxygens (including phenoxy) is 2. The number of amides is 2. The highest BCUT2D eigenvalue weighted by Crippen LogP contribution is 2.09. The Balaban J connectivity index is 4.79. The van der Waals surface area contributed by atoms with E-state index >= 15 is 0 Å². The Morgan fingerprint density at radius 2 is 1.70 bits per heavy atom. The van der Waals surface area contributed by atoms with Crippen LogP contribution >= 0.6 is 0 Å². The Morgan fingerprint density at radius 1 is 1.13 bits per heavy atom. The Kier molecular flexibility index (Phi) is 8.60. The van der Waals surface area contributed by atoms with E-state index in [1.54, 1.807) is 27.7 Å². The molecule has 0 bridgehead atoms. The van der Waals surface area contributed by atoms with Gasteiger partial charge >= 0.3 is 12.1 Å². The van der Waals surface area contributed by atoms with Gasteiger partial charge in [0.1, 0.15) is 11.6 Å². The monoisotopic (exact) mass is 332 g/mol. The number of carbonyl (C=O) groups is 3. The molecule has 0 heterocycles. The number of nitrogens with one attached hydrogen (secondary N) is 2. The number of aliphatic hydroxyl groups is 1. The second kappa shape index (κ2) is 9.34. The van der Waals surface area contributed by atoms with Crippen LogP contribution in [0.25, 0.3) is 0 Å². The van der Waals surface area contributed by atoms with Gasteiger partial charge in [0.2, 0.25) is 12.1 Å². The van der Waals surface area contributed by atoms with Gasteiger partial charge in [-0.1, -0.05) is 13.8 Å². The van der Waals surface area contributed by atoms with Gasteiger partial charge in [0.15, 0.2) is 0 Å². The Hall–Kier alpha value is -1.83. The van der Waals surface area contributed by atoms with Crippen molar-refractivity contribution in [3.63, 3.8) is 0 Å². The normalized spacial score (nSPS) is 13.9. The van der Waals surface area contributed by atoms with Crippen molar-refractivity contribution in [2.24, 2.45) is 5.92 Å². The minimum atomic E-state index is -1.78. The zero-order valence-corrected chi connectivity index (χ0v) is 14.6. The van der Waals surface area contributed by atoms with Crippen molar-refractivity contribution in [3.8, 4) is 0 Å². The summed E-state index contributed by atoms with van der Waals surface area (Å²) in [7, 11) is 0. The first kappa shape index (κ1) is 21.2. The molecule has 0 aliphatic heterocycles. The van der Waals surface area contributed by atoms with Gasteiger partial charge in [0, 0.05) is 0 Å². The van der Waals surface area contributed by atoms with Gasteiger partial charge in [0.25, 0.3) is 0 Å². The van der Waals surface area contributed by atoms with Crippen molar-refractivity contribution < 1.29 is 29.0 Å². The minimum Gasteiger partial charge on any atom is -0.463 e. The largest absolute Gasteiger partial charge is 0.463 e. The smallest absolute Gasteiger partial charge is 0.408 e. The molecule has 0 spiro atoms. The molecule has 0 aliphatic carbocycles. The van der Waals surface area contributed by atoms with Crippen LogP contribution in [-0.4, -0.2) is 47.6 Å². The van der Waals surface area contributed by atoms with Gasteiger partial charge in [-0.3, -0.25) is 4.79 Å². The Labute approximate surface area is 136 Å². The number of esters is 1. The molecule has 134 valence electrons. The van der Waals surface area contributed by atoms with Crippen LogP contribution in [0.2, 0.25) is 0 Å². The zero-order chi connectivity index (χ0) is 18.2. The summed E-state index contributed by atoms with van der Waals surface area (Å²) in [5.41, 5.74) is -0.701. The predicted molar refractivity (Wildman–Crippen MR) is 83.4 cm³/mol. The average molecular weight is 332 g/mol. The third kappa shape index (κ3) is 9.72. The third-order valence-electron chi connectivity index (χ3n) is 2.50. The van der Waals surface area contributed by atoms with E-state index in [9.17, 15) is 19.5 Å². The van der Waals surface area contributed by atoms with Gasteiger partial charge in [-0.05, 0) is 40.0 Å². The van der Waals surface area contributed by atoms with E-state index in [0.29, 0.717) is 6.42 Å². The highest BCUT2D eigenvalue weighted by Gasteiger charge is 2.28. The molecule has 1 unspecified atom stereocenters. The Bertz CT molecular complexity index is 417. The molecule has 23 heavy (non-hydrogen) atoms. The fourth-order valence-corrected chi connectivity index (χ4v) is 1.67. The number of aliphatic hydroxyl groups excluding tert-OH is 1. The van der Waals surface area contributed by atoms with Crippen molar-refractivity contribution in [2.75, 3.05) is 6.61 Å². The molecule has 0 saturated heterocycles. The van der Waals surface area contributed by atoms with Crippen LogP contribution in [0.4, 0.5) is 4.79 Å². The number of hydrogen-bond donors (Lipinski definition) is 3. The quantitative estimate of drug-likeness (QED) is 0.472. The van der Waals surface area contributed by atoms with Gasteiger partial charge in [-0.15, -0.1) is 0 Å². The lowest BCUT2D eigenvalue weighted by Crippen LogP contribution is -2.53. The molecular weight excluding hydrogens is 304 g/mol. The van der Waals surface area contributed by atoms with Crippen LogP contribution in [0, 0.1) is 5.92 Å². The van der Waals surface area contributed by atoms with E-state index in [1.807, 2.05) is 13.8 Å². The van der Waals surface area contributed by atoms with Gasteiger partial charge in [-0.25, -0.2) is 9.59 Å². The maximum absolute atomic E-state index is 12.1. The van der Waals surface area contributed by atoms with Crippen molar-refractivity contribution in [1.82, 2.24) is 10.6 Å². The zero-order valence-electron chi connectivity index (χ0n) is 14.6. The molecule has 0 aromatic carbocycles. The summed E-state index contributed by atoms with van der Waals surface area (Å²) in [6, 6.07) is -0.936. The van der Waals surface area contributed by atoms with Crippen LogP contribution in [-0.2, 0) is 19.1 Å². The number of alkyl carbamates (subject to hydrolysis) is 1. The van der Waals surface area contributed by atoms with E-state index in [0.717, 1.165) is 0 Å². The molecule has 8 heteroatoms. The van der Waals surface area contributed by atoms with Crippen molar-refractivity contribution in [1.29, 1.82) is 0 Å². The van der Waals surface area contributed by atoms with Gasteiger partial charge in [-0.2, -0.15) is 0 Å². The molecule has 2 atom stereocenters. The summed E-state index contributed by atoms with van der Waals surface area (Å²) in [5, 5.41) is 14.1. The molecule has 0 rings (SSSR count). The summed E-state index contributed by atoms with van der Waals surface area (Å²) in [6.07, 6.45) is -2.21. The second-order valence-corrected chi connectivity index (χ2v) is 6.49. The van der Waals surface area contributed by atoms with E-state index in [1.165, 1.54) is 0 Å². The summed E-state index contributed by atoms with van der Waals surface area (Å²) >= 11 is 0. The van der Waals surface area contributed by atoms with Crippen molar-refractivity contribution in [3.05, 3.63) is 0 Å². The molecule has 8 nitrogen and oxygen atoms in total. The second-order valence-electron chi connectivity index (χ2n) is 6.49. The number of hydrogen-bond acceptors (Lipinski definition) is 6. The molecular formula is C15H28N2O6. The molecule has 0 aromatic rings. The molecule has 0 radical (unpaired) electrons. The average Bonchev–Trinajstić information content (AvgIpc) is 2.35. The van der Waals surface area contributed by atoms with Gasteiger partial charge < -0.3 is 25.2 Å². The maximum Gasteiger partial charge on any atom is 0.408 e. The van der Waals surface area contributed by atoms with Crippen LogP contribution in [0.5, 0.6) is 0 Å². The third-order valence-corrected chi connectivity index (χ3v) is 2.50. The van der Waals surface area contributed by atoms with Crippen LogP contribution < -0.4 is 10.6 Å². The lowest BCUT2D eigenvalue weighted by atomic mass is 10.0. The lowest BCUT2D eigenvalue weighted by molar-refractivity contribution is -0.157. The predicted octanol–water partition coefficient (Wildman–Crippen LogP) is 0.923. The highest BCUT2D eigenvalue weighted by atomic mass is 16.6. The lowest BCUT2D eigenvalue weighted by Gasteiger charge is -2.24. The topological polar surface area (TPSA) is 114 Å². The van der Waals surface area contributed by atoms with E-state index in [-0.39, 0.29) is 12.5 Å². The van der Waals surface area contributed by atoms with Crippen LogP contribution in [0.1, 0.15) is 48.0 Å². The Morgan fingerprint density at radius 3 is 2.13 bits per heavy atom. The van der Waals surface area contributed by atoms with Crippen LogP contribution in [0.3, 0.4) is 0 Å². The van der Waals surface area contributed by atoms with Crippen LogP contribution in [0.15, 0.2) is 0 Å².